The predicted octanol–water partition coefficient (Wildman–Crippen LogP) is 3.69. The van der Waals surface area contributed by atoms with Crippen molar-refractivity contribution < 1.29 is 19.1 Å². The highest BCUT2D eigenvalue weighted by Crippen LogP contribution is 2.16. The SMILES string of the molecule is CSc1ccc(CN(C)C(=O)COC(=O)[C@@H](C)Oc2cccc(C)c2)cc1. The van der Waals surface area contributed by atoms with Crippen LogP contribution in [0.4, 0.5) is 0 Å². The van der Waals surface area contributed by atoms with Crippen molar-refractivity contribution in [1.29, 1.82) is 0 Å². The first-order chi connectivity index (χ1) is 12.9. The smallest absolute Gasteiger partial charge is 0.347 e. The van der Waals surface area contributed by atoms with Crippen LogP contribution in [0.25, 0.3) is 0 Å². The van der Waals surface area contributed by atoms with Gasteiger partial charge in [0.2, 0.25) is 0 Å². The number of rotatable bonds is 8. The molecule has 144 valence electrons. The highest BCUT2D eigenvalue weighted by molar-refractivity contribution is 7.98. The Bertz CT molecular complexity index is 776. The van der Waals surface area contributed by atoms with Gasteiger partial charge in [0.25, 0.3) is 5.91 Å². The molecule has 0 aliphatic carbocycles. The summed E-state index contributed by atoms with van der Waals surface area (Å²) in [7, 11) is 1.69. The molecule has 0 unspecified atom stereocenters. The van der Waals surface area contributed by atoms with E-state index in [0.29, 0.717) is 12.3 Å². The molecule has 0 N–H and O–H groups in total. The van der Waals surface area contributed by atoms with E-state index in [4.69, 9.17) is 9.47 Å². The maximum absolute atomic E-state index is 12.2. The second kappa shape index (κ2) is 10.0. The molecular formula is C21H25NO4S. The van der Waals surface area contributed by atoms with Crippen molar-refractivity contribution in [3.63, 3.8) is 0 Å². The van der Waals surface area contributed by atoms with Gasteiger partial charge in [-0.15, -0.1) is 11.8 Å². The lowest BCUT2D eigenvalue weighted by molar-refractivity contribution is -0.157. The zero-order chi connectivity index (χ0) is 19.8. The number of carbonyl (C=O) groups excluding carboxylic acids is 2. The van der Waals surface area contributed by atoms with Gasteiger partial charge in [-0.05, 0) is 55.5 Å². The largest absolute Gasteiger partial charge is 0.479 e. The van der Waals surface area contributed by atoms with Crippen LogP contribution in [0.3, 0.4) is 0 Å². The zero-order valence-corrected chi connectivity index (χ0v) is 16.9. The summed E-state index contributed by atoms with van der Waals surface area (Å²) in [4.78, 5) is 27.0. The van der Waals surface area contributed by atoms with E-state index in [1.807, 2.05) is 55.6 Å². The highest BCUT2D eigenvalue weighted by Gasteiger charge is 2.19. The van der Waals surface area contributed by atoms with Crippen LogP contribution in [-0.4, -0.2) is 42.8 Å². The number of likely N-dealkylation sites (N-methyl/N-ethyl adjacent to an activating group) is 1. The monoisotopic (exact) mass is 387 g/mol. The lowest BCUT2D eigenvalue weighted by atomic mass is 10.2. The van der Waals surface area contributed by atoms with E-state index < -0.39 is 12.1 Å². The molecule has 0 aliphatic rings. The summed E-state index contributed by atoms with van der Waals surface area (Å²) >= 11 is 1.67. The van der Waals surface area contributed by atoms with Gasteiger partial charge in [-0.25, -0.2) is 4.79 Å². The van der Waals surface area contributed by atoms with Gasteiger partial charge in [0, 0.05) is 18.5 Å². The molecule has 0 saturated heterocycles. The zero-order valence-electron chi connectivity index (χ0n) is 16.1. The number of hydrogen-bond acceptors (Lipinski definition) is 5. The fourth-order valence-corrected chi connectivity index (χ4v) is 2.80. The first-order valence-corrected chi connectivity index (χ1v) is 9.88. The van der Waals surface area contributed by atoms with Crippen molar-refractivity contribution in [1.82, 2.24) is 4.90 Å². The highest BCUT2D eigenvalue weighted by atomic mass is 32.2. The van der Waals surface area contributed by atoms with E-state index in [2.05, 4.69) is 0 Å². The molecule has 0 bridgehead atoms. The molecule has 0 aromatic heterocycles. The Kier molecular flexibility index (Phi) is 7.73. The molecule has 0 radical (unpaired) electrons. The molecular weight excluding hydrogens is 362 g/mol. The molecule has 0 saturated carbocycles. The third kappa shape index (κ3) is 6.64. The van der Waals surface area contributed by atoms with Gasteiger partial charge in [0.05, 0.1) is 0 Å². The molecule has 0 spiro atoms. The van der Waals surface area contributed by atoms with Crippen LogP contribution in [0.1, 0.15) is 18.1 Å². The van der Waals surface area contributed by atoms with Crippen molar-refractivity contribution in [2.45, 2.75) is 31.4 Å². The first kappa shape index (κ1) is 20.8. The summed E-state index contributed by atoms with van der Waals surface area (Å²) in [5.41, 5.74) is 2.06. The minimum atomic E-state index is -0.788. The standard InChI is InChI=1S/C21H25NO4S/c1-15-6-5-7-18(12-15)26-16(2)21(24)25-14-20(23)22(3)13-17-8-10-19(27-4)11-9-17/h5-12,16H,13-14H2,1-4H3/t16-/m1/s1. The molecule has 6 heteroatoms. The maximum Gasteiger partial charge on any atom is 0.347 e. The number of carbonyl (C=O) groups is 2. The van der Waals surface area contributed by atoms with Crippen molar-refractivity contribution in [3.05, 3.63) is 59.7 Å². The lowest BCUT2D eigenvalue weighted by Gasteiger charge is -2.19. The molecule has 2 aromatic rings. The Labute approximate surface area is 164 Å². The van der Waals surface area contributed by atoms with E-state index in [1.165, 1.54) is 9.80 Å². The van der Waals surface area contributed by atoms with Crippen molar-refractivity contribution in [2.24, 2.45) is 0 Å². The van der Waals surface area contributed by atoms with Gasteiger partial charge in [-0.1, -0.05) is 24.3 Å². The van der Waals surface area contributed by atoms with Gasteiger partial charge >= 0.3 is 5.97 Å². The summed E-state index contributed by atoms with van der Waals surface area (Å²) in [5, 5.41) is 0. The third-order valence-electron chi connectivity index (χ3n) is 3.98. The fraction of sp³-hybridized carbons (Fsp3) is 0.333. The fourth-order valence-electron chi connectivity index (χ4n) is 2.39. The molecule has 1 atom stereocenters. The molecule has 1 amide bonds. The van der Waals surface area contributed by atoms with Gasteiger partial charge in [0.1, 0.15) is 5.75 Å². The average molecular weight is 388 g/mol. The number of ether oxygens (including phenoxy) is 2. The lowest BCUT2D eigenvalue weighted by Crippen LogP contribution is -2.34. The van der Waals surface area contributed by atoms with E-state index in [1.54, 1.807) is 31.8 Å². The summed E-state index contributed by atoms with van der Waals surface area (Å²) in [5.74, 6) is -0.237. The summed E-state index contributed by atoms with van der Waals surface area (Å²) in [6.07, 6.45) is 1.23. The van der Waals surface area contributed by atoms with Crippen molar-refractivity contribution in [2.75, 3.05) is 19.9 Å². The van der Waals surface area contributed by atoms with Crippen LogP contribution < -0.4 is 4.74 Å². The molecule has 0 heterocycles. The Morgan fingerprint density at radius 1 is 1.15 bits per heavy atom. The molecule has 5 nitrogen and oxygen atoms in total. The van der Waals surface area contributed by atoms with Gasteiger partial charge in [0.15, 0.2) is 12.7 Å². The third-order valence-corrected chi connectivity index (χ3v) is 4.72. The number of benzene rings is 2. The number of amides is 1. The van der Waals surface area contributed by atoms with Crippen LogP contribution >= 0.6 is 11.8 Å². The minimum Gasteiger partial charge on any atom is -0.479 e. The van der Waals surface area contributed by atoms with E-state index in [-0.39, 0.29) is 12.5 Å². The van der Waals surface area contributed by atoms with Crippen molar-refractivity contribution in [3.8, 4) is 5.75 Å². The van der Waals surface area contributed by atoms with E-state index in [9.17, 15) is 9.59 Å². The second-order valence-corrected chi connectivity index (χ2v) is 7.16. The summed E-state index contributed by atoms with van der Waals surface area (Å²) < 4.78 is 10.7. The number of esters is 1. The van der Waals surface area contributed by atoms with Crippen LogP contribution in [0.5, 0.6) is 5.75 Å². The van der Waals surface area contributed by atoms with Gasteiger partial charge in [-0.3, -0.25) is 4.79 Å². The maximum atomic E-state index is 12.2. The van der Waals surface area contributed by atoms with Gasteiger partial charge < -0.3 is 14.4 Å². The second-order valence-electron chi connectivity index (χ2n) is 6.28. The number of thioether (sulfide) groups is 1. The topological polar surface area (TPSA) is 55.8 Å². The molecule has 0 fully saturated rings. The predicted molar refractivity (Wildman–Crippen MR) is 107 cm³/mol. The summed E-state index contributed by atoms with van der Waals surface area (Å²) in [6, 6.07) is 15.4. The molecule has 2 rings (SSSR count). The van der Waals surface area contributed by atoms with Crippen LogP contribution in [0, 0.1) is 6.92 Å². The molecule has 0 aliphatic heterocycles. The van der Waals surface area contributed by atoms with Crippen LogP contribution in [0.15, 0.2) is 53.4 Å². The van der Waals surface area contributed by atoms with Crippen molar-refractivity contribution >= 4 is 23.6 Å². The van der Waals surface area contributed by atoms with E-state index in [0.717, 1.165) is 11.1 Å². The Morgan fingerprint density at radius 2 is 1.85 bits per heavy atom. The average Bonchev–Trinajstić information content (AvgIpc) is 2.66. The first-order valence-electron chi connectivity index (χ1n) is 8.66. The quantitative estimate of drug-likeness (QED) is 0.511. The normalized spacial score (nSPS) is 11.6. The Morgan fingerprint density at radius 3 is 2.48 bits per heavy atom. The van der Waals surface area contributed by atoms with Gasteiger partial charge in [-0.2, -0.15) is 0 Å². The van der Waals surface area contributed by atoms with E-state index >= 15 is 0 Å². The number of aryl methyl sites for hydroxylation is 1. The minimum absolute atomic E-state index is 0.264. The van der Waals surface area contributed by atoms with Crippen LogP contribution in [-0.2, 0) is 20.9 Å². The Hall–Kier alpha value is -2.47. The molecule has 2 aromatic carbocycles. The number of nitrogens with zero attached hydrogens (tertiary/aromatic N) is 1. The van der Waals surface area contributed by atoms with Crippen LogP contribution in [0.2, 0.25) is 0 Å². The molecule has 27 heavy (non-hydrogen) atoms. The summed E-state index contributed by atoms with van der Waals surface area (Å²) in [6.45, 7) is 3.70. The Balaban J connectivity index is 1.79. The number of hydrogen-bond donors (Lipinski definition) is 0.